The quantitative estimate of drug-likeness (QED) is 0.324. The smallest absolute Gasteiger partial charge is 0.247 e. The molecule has 0 bridgehead atoms. The summed E-state index contributed by atoms with van der Waals surface area (Å²) in [7, 11) is 0. The fourth-order valence-corrected chi connectivity index (χ4v) is 4.63. The van der Waals surface area contributed by atoms with Gasteiger partial charge >= 0.3 is 0 Å². The number of amides is 2. The Bertz CT molecular complexity index is 1360. The maximum Gasteiger partial charge on any atom is 0.247 e. The molecule has 5 rings (SSSR count). The molecule has 1 aliphatic rings. The van der Waals surface area contributed by atoms with E-state index in [1.165, 1.54) is 35.0 Å². The van der Waals surface area contributed by atoms with Gasteiger partial charge in [0.1, 0.15) is 42.6 Å². The largest absolute Gasteiger partial charge is 0.457 e. The van der Waals surface area contributed by atoms with Crippen LogP contribution in [0.5, 0.6) is 11.5 Å². The number of hydrogen-bond donors (Lipinski definition) is 2. The summed E-state index contributed by atoms with van der Waals surface area (Å²) >= 11 is 0. The lowest BCUT2D eigenvalue weighted by Crippen LogP contribution is -2.44. The molecule has 0 unspecified atom stereocenters. The van der Waals surface area contributed by atoms with Crippen molar-refractivity contribution in [2.24, 2.45) is 5.92 Å². The summed E-state index contributed by atoms with van der Waals surface area (Å²) in [6.07, 6.45) is 3.40. The van der Waals surface area contributed by atoms with Crippen LogP contribution in [0.1, 0.15) is 12.0 Å². The van der Waals surface area contributed by atoms with Gasteiger partial charge in [-0.2, -0.15) is 5.10 Å². The predicted molar refractivity (Wildman–Crippen MR) is 143 cm³/mol. The SMILES string of the molecule is O=C(Nc1ccc(Oc2ccc(F)cc2)cc1)[C@@H]1C[C@@H](CNCc2ccccc2)CN1C(=O)Cn1cncn1. The predicted octanol–water partition coefficient (Wildman–Crippen LogP) is 3.86. The molecule has 3 aromatic carbocycles. The third-order valence-electron chi connectivity index (χ3n) is 6.55. The van der Waals surface area contributed by atoms with Gasteiger partial charge in [-0.1, -0.05) is 30.3 Å². The summed E-state index contributed by atoms with van der Waals surface area (Å²) < 4.78 is 20.3. The van der Waals surface area contributed by atoms with Gasteiger partial charge in [-0.05, 0) is 66.4 Å². The first kappa shape index (κ1) is 26.1. The zero-order chi connectivity index (χ0) is 27.0. The van der Waals surface area contributed by atoms with Crippen molar-refractivity contribution in [1.82, 2.24) is 25.0 Å². The highest BCUT2D eigenvalue weighted by atomic mass is 19.1. The molecule has 9 nitrogen and oxygen atoms in total. The van der Waals surface area contributed by atoms with Crippen LogP contribution >= 0.6 is 0 Å². The summed E-state index contributed by atoms with van der Waals surface area (Å²) in [5.74, 6) is 0.405. The fraction of sp³-hybridized carbons (Fsp3) is 0.241. The number of rotatable bonds is 10. The van der Waals surface area contributed by atoms with Gasteiger partial charge in [-0.3, -0.25) is 9.59 Å². The van der Waals surface area contributed by atoms with Crippen LogP contribution in [0.2, 0.25) is 0 Å². The summed E-state index contributed by atoms with van der Waals surface area (Å²) in [6, 6.07) is 22.1. The minimum atomic E-state index is -0.611. The Morgan fingerprint density at radius 1 is 0.974 bits per heavy atom. The van der Waals surface area contributed by atoms with E-state index in [1.54, 1.807) is 41.3 Å². The second-order valence-corrected chi connectivity index (χ2v) is 9.44. The number of halogens is 1. The summed E-state index contributed by atoms with van der Waals surface area (Å²) in [5, 5.41) is 10.4. The lowest BCUT2D eigenvalue weighted by Gasteiger charge is -2.24. The van der Waals surface area contributed by atoms with E-state index in [0.29, 0.717) is 43.2 Å². The third kappa shape index (κ3) is 7.05. The van der Waals surface area contributed by atoms with Crippen LogP contribution in [0.15, 0.2) is 91.5 Å². The standard InChI is InChI=1S/C29H29FN6O3/c30-23-6-10-25(11-7-23)39-26-12-8-24(9-13-26)34-29(38)27-14-22(16-31-15-21-4-2-1-3-5-21)17-36(27)28(37)18-35-20-32-19-33-35/h1-13,19-20,22,27,31H,14-18H2,(H,34,38)/t22-,27-/m0/s1. The summed E-state index contributed by atoms with van der Waals surface area (Å²) in [4.78, 5) is 32.0. The maximum absolute atomic E-state index is 13.4. The first-order chi connectivity index (χ1) is 19.0. The van der Waals surface area contributed by atoms with E-state index in [1.807, 2.05) is 18.2 Å². The third-order valence-corrected chi connectivity index (χ3v) is 6.55. The average Bonchev–Trinajstić information content (AvgIpc) is 3.62. The molecule has 10 heteroatoms. The molecule has 1 saturated heterocycles. The molecule has 0 saturated carbocycles. The van der Waals surface area contributed by atoms with Crippen LogP contribution < -0.4 is 15.4 Å². The maximum atomic E-state index is 13.4. The van der Waals surface area contributed by atoms with Crippen molar-refractivity contribution < 1.29 is 18.7 Å². The number of carbonyl (C=O) groups is 2. The molecular weight excluding hydrogens is 499 g/mol. The topological polar surface area (TPSA) is 101 Å². The van der Waals surface area contributed by atoms with Gasteiger partial charge in [0.25, 0.3) is 0 Å². The molecule has 2 heterocycles. The molecule has 0 spiro atoms. The first-order valence-electron chi connectivity index (χ1n) is 12.7. The molecule has 1 aromatic heterocycles. The Balaban J connectivity index is 1.21. The Labute approximate surface area is 225 Å². The summed E-state index contributed by atoms with van der Waals surface area (Å²) in [6.45, 7) is 1.88. The van der Waals surface area contributed by atoms with Crippen LogP contribution in [-0.4, -0.2) is 50.6 Å². The van der Waals surface area contributed by atoms with Crippen molar-refractivity contribution in [3.05, 3.63) is 103 Å². The Hall–Kier alpha value is -4.57. The van der Waals surface area contributed by atoms with E-state index in [4.69, 9.17) is 4.74 Å². The zero-order valence-electron chi connectivity index (χ0n) is 21.2. The van der Waals surface area contributed by atoms with E-state index >= 15 is 0 Å². The lowest BCUT2D eigenvalue weighted by atomic mass is 10.0. The molecule has 1 fully saturated rings. The lowest BCUT2D eigenvalue weighted by molar-refractivity contribution is -0.137. The van der Waals surface area contributed by atoms with Gasteiger partial charge in [0.2, 0.25) is 11.8 Å². The van der Waals surface area contributed by atoms with Crippen molar-refractivity contribution in [3.8, 4) is 11.5 Å². The second kappa shape index (κ2) is 12.3. The van der Waals surface area contributed by atoms with Gasteiger partial charge in [0.05, 0.1) is 0 Å². The van der Waals surface area contributed by atoms with E-state index in [9.17, 15) is 14.0 Å². The van der Waals surface area contributed by atoms with E-state index in [0.717, 1.165) is 0 Å². The number of nitrogens with one attached hydrogen (secondary N) is 2. The molecule has 4 aromatic rings. The number of aromatic nitrogens is 3. The zero-order valence-corrected chi connectivity index (χ0v) is 21.2. The Morgan fingerprint density at radius 2 is 1.69 bits per heavy atom. The Morgan fingerprint density at radius 3 is 2.38 bits per heavy atom. The Kier molecular flexibility index (Phi) is 8.23. The van der Waals surface area contributed by atoms with E-state index in [2.05, 4.69) is 32.8 Å². The van der Waals surface area contributed by atoms with Gasteiger partial charge < -0.3 is 20.3 Å². The average molecular weight is 529 g/mol. The van der Waals surface area contributed by atoms with Crippen molar-refractivity contribution in [2.75, 3.05) is 18.4 Å². The monoisotopic (exact) mass is 528 g/mol. The van der Waals surface area contributed by atoms with Crippen LogP contribution in [0, 0.1) is 11.7 Å². The van der Waals surface area contributed by atoms with Crippen molar-refractivity contribution in [1.29, 1.82) is 0 Å². The van der Waals surface area contributed by atoms with Gasteiger partial charge in [0.15, 0.2) is 0 Å². The molecule has 39 heavy (non-hydrogen) atoms. The molecule has 0 aliphatic carbocycles. The number of ether oxygens (including phenoxy) is 1. The summed E-state index contributed by atoms with van der Waals surface area (Å²) in [5.41, 5.74) is 1.76. The molecule has 1 aliphatic heterocycles. The molecular formula is C29H29FN6O3. The van der Waals surface area contributed by atoms with Gasteiger partial charge in [0, 0.05) is 25.3 Å². The molecule has 2 atom stereocenters. The minimum Gasteiger partial charge on any atom is -0.457 e. The highest BCUT2D eigenvalue weighted by Gasteiger charge is 2.39. The molecule has 2 N–H and O–H groups in total. The van der Waals surface area contributed by atoms with E-state index < -0.39 is 6.04 Å². The van der Waals surface area contributed by atoms with Gasteiger partial charge in [-0.15, -0.1) is 0 Å². The fourth-order valence-electron chi connectivity index (χ4n) is 4.63. The van der Waals surface area contributed by atoms with Crippen molar-refractivity contribution in [3.63, 3.8) is 0 Å². The number of anilines is 1. The highest BCUT2D eigenvalue weighted by molar-refractivity contribution is 5.97. The number of carbonyl (C=O) groups excluding carboxylic acids is 2. The van der Waals surface area contributed by atoms with Crippen LogP contribution in [0.4, 0.5) is 10.1 Å². The van der Waals surface area contributed by atoms with Crippen LogP contribution in [-0.2, 0) is 22.7 Å². The number of hydrogen-bond acceptors (Lipinski definition) is 6. The number of likely N-dealkylation sites (tertiary alicyclic amines) is 1. The molecule has 0 radical (unpaired) electrons. The van der Waals surface area contributed by atoms with Crippen LogP contribution in [0.3, 0.4) is 0 Å². The minimum absolute atomic E-state index is 0.0172. The van der Waals surface area contributed by atoms with Crippen molar-refractivity contribution >= 4 is 17.5 Å². The van der Waals surface area contributed by atoms with Crippen LogP contribution in [0.25, 0.3) is 0 Å². The first-order valence-corrected chi connectivity index (χ1v) is 12.7. The number of benzene rings is 3. The normalized spacial score (nSPS) is 16.7. The van der Waals surface area contributed by atoms with Gasteiger partial charge in [-0.25, -0.2) is 14.1 Å². The van der Waals surface area contributed by atoms with E-state index in [-0.39, 0.29) is 30.1 Å². The molecule has 2 amide bonds. The number of nitrogens with zero attached hydrogens (tertiary/aromatic N) is 4. The molecule has 200 valence electrons. The highest BCUT2D eigenvalue weighted by Crippen LogP contribution is 2.27. The van der Waals surface area contributed by atoms with Crippen molar-refractivity contribution in [2.45, 2.75) is 25.6 Å². The second-order valence-electron chi connectivity index (χ2n) is 9.44.